The average Bonchev–Trinajstić information content (AvgIpc) is 3.99. The molecule has 0 saturated heterocycles. The highest BCUT2D eigenvalue weighted by Gasteiger charge is 2.63. The predicted octanol–water partition coefficient (Wildman–Crippen LogP) is 14.4. The van der Waals surface area contributed by atoms with Gasteiger partial charge in [0.1, 0.15) is 11.5 Å². The molecule has 13 rings (SSSR count). The Morgan fingerprint density at radius 2 is 1.65 bits per heavy atom. The van der Waals surface area contributed by atoms with Gasteiger partial charge in [0.25, 0.3) is 0 Å². The Balaban J connectivity index is 0.973. The molecule has 8 unspecified atom stereocenters. The van der Waals surface area contributed by atoms with Crippen LogP contribution in [0.1, 0.15) is 118 Å². The summed E-state index contributed by atoms with van der Waals surface area (Å²) < 4.78 is 6.76. The Morgan fingerprint density at radius 1 is 0.750 bits per heavy atom. The van der Waals surface area contributed by atoms with Crippen LogP contribution in [-0.2, 0) is 11.8 Å². The minimum absolute atomic E-state index is 0.0283. The first-order valence-corrected chi connectivity index (χ1v) is 23.5. The van der Waals surface area contributed by atoms with E-state index in [0.29, 0.717) is 29.6 Å². The number of aryl methyl sites for hydroxylation is 1. The molecule has 0 bridgehead atoms. The SMILES string of the molecule is CC1(C)C2=C(C=CCC2)C2CC(N(C3C=CC4=C(C3)C3(c5cc(-c6ccccc6)ccc54)C4CC=CC=C4C4C=CCCC43)C3CC=Cc4oc5c(c43)C=CCC5)=CCC21. The fourth-order valence-electron chi connectivity index (χ4n) is 15.1. The first-order valence-electron chi connectivity index (χ1n) is 23.5. The topological polar surface area (TPSA) is 16.4 Å². The molecule has 8 atom stereocenters. The van der Waals surface area contributed by atoms with Gasteiger partial charge >= 0.3 is 0 Å². The lowest BCUT2D eigenvalue weighted by molar-refractivity contribution is 0.156. The number of fused-ring (bicyclic) bond motifs is 14. The maximum Gasteiger partial charge on any atom is 0.132 e. The number of benzene rings is 2. The normalized spacial score (nSPS) is 33.1. The molecule has 1 heterocycles. The van der Waals surface area contributed by atoms with E-state index in [2.05, 4.69) is 152 Å². The first kappa shape index (κ1) is 35.7. The Labute approximate surface area is 356 Å². The fraction of sp³-hybridized carbons (Fsp3) is 0.379. The van der Waals surface area contributed by atoms with E-state index in [1.807, 2.05) is 0 Å². The van der Waals surface area contributed by atoms with Crippen molar-refractivity contribution in [3.8, 4) is 11.1 Å². The van der Waals surface area contributed by atoms with Crippen molar-refractivity contribution in [1.29, 1.82) is 0 Å². The van der Waals surface area contributed by atoms with Crippen LogP contribution in [-0.4, -0.2) is 10.9 Å². The van der Waals surface area contributed by atoms with Crippen LogP contribution in [0, 0.1) is 35.0 Å². The smallest absolute Gasteiger partial charge is 0.132 e. The van der Waals surface area contributed by atoms with Crippen molar-refractivity contribution in [2.45, 2.75) is 102 Å². The molecule has 1 aromatic heterocycles. The number of nitrogens with zero attached hydrogens (tertiary/aromatic N) is 1. The van der Waals surface area contributed by atoms with Crippen LogP contribution in [0.3, 0.4) is 0 Å². The molecule has 60 heavy (non-hydrogen) atoms. The summed E-state index contributed by atoms with van der Waals surface area (Å²) in [4.78, 5) is 2.98. The van der Waals surface area contributed by atoms with Gasteiger partial charge in [0.15, 0.2) is 0 Å². The highest BCUT2D eigenvalue weighted by atomic mass is 16.3. The van der Waals surface area contributed by atoms with Crippen LogP contribution in [0.4, 0.5) is 0 Å². The summed E-state index contributed by atoms with van der Waals surface area (Å²) in [5, 5.41) is 0. The summed E-state index contributed by atoms with van der Waals surface area (Å²) in [6.07, 6.45) is 47.3. The van der Waals surface area contributed by atoms with Crippen LogP contribution in [0.25, 0.3) is 28.9 Å². The molecule has 2 aromatic carbocycles. The highest BCUT2D eigenvalue weighted by molar-refractivity contribution is 5.90. The van der Waals surface area contributed by atoms with Crippen molar-refractivity contribution >= 4 is 17.7 Å². The van der Waals surface area contributed by atoms with Gasteiger partial charge in [0, 0.05) is 34.6 Å². The molecule has 0 aliphatic heterocycles. The van der Waals surface area contributed by atoms with Crippen LogP contribution >= 0.6 is 0 Å². The largest absolute Gasteiger partial charge is 0.461 e. The molecule has 0 amide bonds. The van der Waals surface area contributed by atoms with Crippen molar-refractivity contribution < 1.29 is 4.42 Å². The number of furan rings is 1. The van der Waals surface area contributed by atoms with Gasteiger partial charge < -0.3 is 9.32 Å². The van der Waals surface area contributed by atoms with Gasteiger partial charge in [-0.25, -0.2) is 0 Å². The molecule has 10 aliphatic rings. The van der Waals surface area contributed by atoms with Crippen molar-refractivity contribution in [2.75, 3.05) is 0 Å². The number of rotatable bonds is 4. The first-order chi connectivity index (χ1) is 29.5. The standard InChI is InChI=1S/C58H57NO/c1-57(2)47-21-10-6-19-42(47)46-34-38(29-32-48(46)57)59(53-24-14-26-55-56(53)45-20-9-13-25-54(45)60-55)39-28-31-44-43-30-27-37(36-15-4-3-5-16-36)33-51(43)58(52(44)35-39)49-22-11-7-17-40(49)41-18-8-12-23-50(41)58/h3-9,11,14-20,26-31,33,39,41,46,48-50,53H,10,12-13,21-25,32,34-35H2,1-2H3. The molecule has 300 valence electrons. The minimum Gasteiger partial charge on any atom is -0.461 e. The molecule has 1 spiro atoms. The van der Waals surface area contributed by atoms with E-state index in [1.54, 1.807) is 33.6 Å². The van der Waals surface area contributed by atoms with Crippen LogP contribution in [0.15, 0.2) is 154 Å². The van der Waals surface area contributed by atoms with Gasteiger partial charge in [-0.15, -0.1) is 0 Å². The molecule has 2 nitrogen and oxygen atoms in total. The quantitative estimate of drug-likeness (QED) is 0.245. The van der Waals surface area contributed by atoms with Gasteiger partial charge in [-0.2, -0.15) is 0 Å². The molecular weight excluding hydrogens is 727 g/mol. The minimum atomic E-state index is -0.0283. The van der Waals surface area contributed by atoms with E-state index in [-0.39, 0.29) is 22.9 Å². The van der Waals surface area contributed by atoms with E-state index >= 15 is 0 Å². The molecular formula is C58H57NO. The van der Waals surface area contributed by atoms with E-state index in [4.69, 9.17) is 4.42 Å². The van der Waals surface area contributed by atoms with Gasteiger partial charge in [-0.3, -0.25) is 0 Å². The van der Waals surface area contributed by atoms with Gasteiger partial charge in [0.2, 0.25) is 0 Å². The number of hydrogen-bond acceptors (Lipinski definition) is 2. The molecule has 1 fully saturated rings. The average molecular weight is 784 g/mol. The lowest BCUT2D eigenvalue weighted by Gasteiger charge is -2.48. The summed E-state index contributed by atoms with van der Waals surface area (Å²) in [5.74, 6) is 5.07. The fourth-order valence-corrected chi connectivity index (χ4v) is 15.1. The zero-order valence-electron chi connectivity index (χ0n) is 35.4. The van der Waals surface area contributed by atoms with Crippen molar-refractivity contribution in [3.05, 3.63) is 183 Å². The van der Waals surface area contributed by atoms with Gasteiger partial charge in [-0.1, -0.05) is 146 Å². The van der Waals surface area contributed by atoms with Gasteiger partial charge in [0.05, 0.1) is 12.1 Å². The van der Waals surface area contributed by atoms with E-state index in [9.17, 15) is 0 Å². The summed E-state index contributed by atoms with van der Waals surface area (Å²) in [7, 11) is 0. The Hall–Kier alpha value is -5.08. The molecule has 3 aromatic rings. The number of allylic oxidation sites excluding steroid dienone is 15. The van der Waals surface area contributed by atoms with Crippen LogP contribution in [0.5, 0.6) is 0 Å². The second kappa shape index (κ2) is 13.2. The summed E-state index contributed by atoms with van der Waals surface area (Å²) in [5.41, 5.74) is 18.7. The van der Waals surface area contributed by atoms with Crippen molar-refractivity contribution in [2.24, 2.45) is 35.0 Å². The molecule has 1 saturated carbocycles. The predicted molar refractivity (Wildman–Crippen MR) is 246 cm³/mol. The third kappa shape index (κ3) is 4.83. The Bertz CT molecular complexity index is 2660. The molecule has 0 radical (unpaired) electrons. The molecule has 10 aliphatic carbocycles. The summed E-state index contributed by atoms with van der Waals surface area (Å²) >= 11 is 0. The maximum atomic E-state index is 6.76. The van der Waals surface area contributed by atoms with Crippen molar-refractivity contribution in [3.63, 3.8) is 0 Å². The van der Waals surface area contributed by atoms with E-state index < -0.39 is 0 Å². The van der Waals surface area contributed by atoms with Crippen LogP contribution in [0.2, 0.25) is 0 Å². The number of hydrogen-bond donors (Lipinski definition) is 0. The zero-order chi connectivity index (χ0) is 39.7. The maximum absolute atomic E-state index is 6.76. The third-order valence-corrected chi connectivity index (χ3v) is 17.5. The van der Waals surface area contributed by atoms with Crippen LogP contribution < -0.4 is 0 Å². The second-order valence-electron chi connectivity index (χ2n) is 20.2. The second-order valence-corrected chi connectivity index (χ2v) is 20.2. The summed E-state index contributed by atoms with van der Waals surface area (Å²) in [6.45, 7) is 5.11. The van der Waals surface area contributed by atoms with E-state index in [0.717, 1.165) is 50.7 Å². The lowest BCUT2D eigenvalue weighted by Crippen LogP contribution is -2.44. The van der Waals surface area contributed by atoms with E-state index in [1.165, 1.54) is 64.8 Å². The third-order valence-electron chi connectivity index (χ3n) is 17.5. The lowest BCUT2D eigenvalue weighted by atomic mass is 9.59. The molecule has 0 N–H and O–H groups in total. The monoisotopic (exact) mass is 783 g/mol. The Kier molecular flexibility index (Phi) is 7.85. The highest BCUT2D eigenvalue weighted by Crippen LogP contribution is 2.70. The van der Waals surface area contributed by atoms with Crippen molar-refractivity contribution in [1.82, 2.24) is 4.90 Å². The summed E-state index contributed by atoms with van der Waals surface area (Å²) in [6, 6.07) is 19.2. The Morgan fingerprint density at radius 3 is 2.58 bits per heavy atom. The van der Waals surface area contributed by atoms with Gasteiger partial charge in [-0.05, 0) is 144 Å². The molecule has 2 heteroatoms. The zero-order valence-corrected chi connectivity index (χ0v) is 35.4.